The van der Waals surface area contributed by atoms with Crippen molar-refractivity contribution in [3.63, 3.8) is 0 Å². The van der Waals surface area contributed by atoms with Gasteiger partial charge in [0, 0.05) is 13.1 Å². The predicted octanol–water partition coefficient (Wildman–Crippen LogP) is -0.0307. The van der Waals surface area contributed by atoms with Gasteiger partial charge in [0.05, 0.1) is 18.6 Å². The standard InChI is InChI=1S/C11H20N2O2/c14-8-10-4-2-6-13(10)11(15)9-3-1-5-12-7-9/h9-10,12,14H,1-8H2/t9?,10-/m1/s1. The first-order chi connectivity index (χ1) is 7.33. The summed E-state index contributed by atoms with van der Waals surface area (Å²) in [6.07, 6.45) is 4.09. The molecule has 4 nitrogen and oxygen atoms in total. The van der Waals surface area contributed by atoms with Crippen LogP contribution in [0.2, 0.25) is 0 Å². The molecule has 2 atom stereocenters. The van der Waals surface area contributed by atoms with E-state index < -0.39 is 0 Å². The van der Waals surface area contributed by atoms with Gasteiger partial charge in [-0.25, -0.2) is 0 Å². The van der Waals surface area contributed by atoms with E-state index in [0.717, 1.165) is 45.3 Å². The zero-order chi connectivity index (χ0) is 10.7. The fourth-order valence-electron chi connectivity index (χ4n) is 2.61. The first kappa shape index (κ1) is 10.9. The van der Waals surface area contributed by atoms with E-state index in [1.54, 1.807) is 0 Å². The van der Waals surface area contributed by atoms with Crippen LogP contribution in [0.5, 0.6) is 0 Å². The SMILES string of the molecule is O=C(C1CCCNC1)N1CCC[C@@H]1CO. The van der Waals surface area contributed by atoms with Crippen molar-refractivity contribution >= 4 is 5.91 Å². The smallest absolute Gasteiger partial charge is 0.227 e. The second-order valence-corrected chi connectivity index (χ2v) is 4.55. The van der Waals surface area contributed by atoms with E-state index in [4.69, 9.17) is 0 Å². The van der Waals surface area contributed by atoms with Gasteiger partial charge in [-0.2, -0.15) is 0 Å². The lowest BCUT2D eigenvalue weighted by Crippen LogP contribution is -2.45. The van der Waals surface area contributed by atoms with Gasteiger partial charge in [0.25, 0.3) is 0 Å². The minimum absolute atomic E-state index is 0.0828. The molecular weight excluding hydrogens is 192 g/mol. The van der Waals surface area contributed by atoms with E-state index in [0.29, 0.717) is 0 Å². The lowest BCUT2D eigenvalue weighted by Gasteiger charge is -2.30. The molecule has 15 heavy (non-hydrogen) atoms. The summed E-state index contributed by atoms with van der Waals surface area (Å²) in [5, 5.41) is 12.4. The summed E-state index contributed by atoms with van der Waals surface area (Å²) in [6, 6.07) is 0.0828. The summed E-state index contributed by atoms with van der Waals surface area (Å²) in [5.74, 6) is 0.393. The summed E-state index contributed by atoms with van der Waals surface area (Å²) >= 11 is 0. The largest absolute Gasteiger partial charge is 0.394 e. The van der Waals surface area contributed by atoms with Crippen molar-refractivity contribution in [2.45, 2.75) is 31.7 Å². The summed E-state index contributed by atoms with van der Waals surface area (Å²) in [6.45, 7) is 2.80. The number of amides is 1. The Balaban J connectivity index is 1.93. The zero-order valence-corrected chi connectivity index (χ0v) is 9.11. The predicted molar refractivity (Wildman–Crippen MR) is 57.4 cm³/mol. The number of aliphatic hydroxyl groups excluding tert-OH is 1. The first-order valence-electron chi connectivity index (χ1n) is 5.95. The molecule has 2 heterocycles. The fourth-order valence-corrected chi connectivity index (χ4v) is 2.61. The Hall–Kier alpha value is -0.610. The maximum absolute atomic E-state index is 12.1. The summed E-state index contributed by atoms with van der Waals surface area (Å²) in [7, 11) is 0. The molecule has 2 aliphatic heterocycles. The van der Waals surface area contributed by atoms with E-state index in [1.165, 1.54) is 0 Å². The van der Waals surface area contributed by atoms with Crippen LogP contribution in [0.15, 0.2) is 0 Å². The van der Waals surface area contributed by atoms with Gasteiger partial charge < -0.3 is 15.3 Å². The highest BCUT2D eigenvalue weighted by atomic mass is 16.3. The van der Waals surface area contributed by atoms with Crippen molar-refractivity contribution < 1.29 is 9.90 Å². The molecule has 0 saturated carbocycles. The van der Waals surface area contributed by atoms with Crippen molar-refractivity contribution in [2.24, 2.45) is 5.92 Å². The van der Waals surface area contributed by atoms with E-state index in [1.807, 2.05) is 4.90 Å². The third-order valence-electron chi connectivity index (χ3n) is 3.52. The first-order valence-corrected chi connectivity index (χ1v) is 5.95. The van der Waals surface area contributed by atoms with Gasteiger partial charge in [-0.05, 0) is 32.2 Å². The number of carbonyl (C=O) groups excluding carboxylic acids is 1. The molecule has 4 heteroatoms. The van der Waals surface area contributed by atoms with Crippen LogP contribution in [0.3, 0.4) is 0 Å². The van der Waals surface area contributed by atoms with Crippen LogP contribution in [0.1, 0.15) is 25.7 Å². The Morgan fingerprint density at radius 1 is 1.40 bits per heavy atom. The molecule has 0 bridgehead atoms. The highest BCUT2D eigenvalue weighted by Gasteiger charge is 2.32. The molecule has 0 radical (unpaired) electrons. The molecule has 0 aromatic rings. The molecule has 2 N–H and O–H groups in total. The molecule has 0 spiro atoms. The van der Waals surface area contributed by atoms with Crippen LogP contribution in [0.4, 0.5) is 0 Å². The lowest BCUT2D eigenvalue weighted by atomic mass is 9.98. The number of hydrogen-bond donors (Lipinski definition) is 2. The highest BCUT2D eigenvalue weighted by molar-refractivity contribution is 5.79. The van der Waals surface area contributed by atoms with Gasteiger partial charge in [0.15, 0.2) is 0 Å². The molecule has 2 fully saturated rings. The third-order valence-corrected chi connectivity index (χ3v) is 3.52. The molecule has 2 rings (SSSR count). The van der Waals surface area contributed by atoms with Crippen LogP contribution >= 0.6 is 0 Å². The Labute approximate surface area is 90.6 Å². The second-order valence-electron chi connectivity index (χ2n) is 4.55. The fraction of sp³-hybridized carbons (Fsp3) is 0.909. The van der Waals surface area contributed by atoms with Crippen LogP contribution in [-0.4, -0.2) is 48.2 Å². The molecule has 1 unspecified atom stereocenters. The van der Waals surface area contributed by atoms with E-state index >= 15 is 0 Å². The van der Waals surface area contributed by atoms with Crippen molar-refractivity contribution in [3.8, 4) is 0 Å². The molecule has 86 valence electrons. The Bertz CT molecular complexity index is 227. The molecule has 2 saturated heterocycles. The molecule has 1 amide bonds. The number of carbonyl (C=O) groups is 1. The average molecular weight is 212 g/mol. The van der Waals surface area contributed by atoms with Crippen molar-refractivity contribution in [1.29, 1.82) is 0 Å². The number of likely N-dealkylation sites (tertiary alicyclic amines) is 1. The number of aliphatic hydroxyl groups is 1. The Morgan fingerprint density at radius 2 is 2.27 bits per heavy atom. The average Bonchev–Trinajstić information content (AvgIpc) is 2.77. The van der Waals surface area contributed by atoms with Crippen LogP contribution < -0.4 is 5.32 Å². The van der Waals surface area contributed by atoms with E-state index in [9.17, 15) is 9.90 Å². The van der Waals surface area contributed by atoms with E-state index in [-0.39, 0.29) is 24.5 Å². The van der Waals surface area contributed by atoms with Crippen LogP contribution in [-0.2, 0) is 4.79 Å². The normalized spacial score (nSPS) is 31.9. The van der Waals surface area contributed by atoms with Crippen LogP contribution in [0.25, 0.3) is 0 Å². The zero-order valence-electron chi connectivity index (χ0n) is 9.11. The van der Waals surface area contributed by atoms with Gasteiger partial charge in [0.1, 0.15) is 0 Å². The summed E-state index contributed by atoms with van der Waals surface area (Å²) in [5.41, 5.74) is 0. The van der Waals surface area contributed by atoms with Gasteiger partial charge in [-0.1, -0.05) is 0 Å². The maximum atomic E-state index is 12.1. The molecule has 0 aromatic carbocycles. The molecule has 0 aromatic heterocycles. The number of hydrogen-bond acceptors (Lipinski definition) is 3. The van der Waals surface area contributed by atoms with Crippen molar-refractivity contribution in [1.82, 2.24) is 10.2 Å². The number of nitrogens with one attached hydrogen (secondary N) is 1. The summed E-state index contributed by atoms with van der Waals surface area (Å²) < 4.78 is 0. The molecular formula is C11H20N2O2. The number of rotatable bonds is 2. The van der Waals surface area contributed by atoms with Gasteiger partial charge in [-0.15, -0.1) is 0 Å². The minimum Gasteiger partial charge on any atom is -0.394 e. The maximum Gasteiger partial charge on any atom is 0.227 e. The van der Waals surface area contributed by atoms with E-state index in [2.05, 4.69) is 5.32 Å². The van der Waals surface area contributed by atoms with Crippen molar-refractivity contribution in [2.75, 3.05) is 26.2 Å². The Morgan fingerprint density at radius 3 is 2.93 bits per heavy atom. The van der Waals surface area contributed by atoms with Crippen molar-refractivity contribution in [3.05, 3.63) is 0 Å². The minimum atomic E-state index is 0.0828. The molecule has 2 aliphatic rings. The monoisotopic (exact) mass is 212 g/mol. The topological polar surface area (TPSA) is 52.6 Å². The third kappa shape index (κ3) is 2.32. The second kappa shape index (κ2) is 4.94. The molecule has 0 aliphatic carbocycles. The lowest BCUT2D eigenvalue weighted by molar-refractivity contribution is -0.137. The Kier molecular flexibility index (Phi) is 3.59. The van der Waals surface area contributed by atoms with Crippen LogP contribution in [0, 0.1) is 5.92 Å². The highest BCUT2D eigenvalue weighted by Crippen LogP contribution is 2.22. The van der Waals surface area contributed by atoms with Gasteiger partial charge >= 0.3 is 0 Å². The quantitative estimate of drug-likeness (QED) is 0.676. The van der Waals surface area contributed by atoms with Gasteiger partial charge in [-0.3, -0.25) is 4.79 Å². The number of nitrogens with zero attached hydrogens (tertiary/aromatic N) is 1. The number of piperidine rings is 1. The van der Waals surface area contributed by atoms with Gasteiger partial charge in [0.2, 0.25) is 5.91 Å². The summed E-state index contributed by atoms with van der Waals surface area (Å²) in [4.78, 5) is 14.0.